The second kappa shape index (κ2) is 13.1. The second-order valence-electron chi connectivity index (χ2n) is 9.40. The molecule has 1 saturated heterocycles. The molecule has 2 fully saturated rings. The Morgan fingerprint density at radius 1 is 1.16 bits per heavy atom. The Kier molecular flexibility index (Phi) is 10.1. The van der Waals surface area contributed by atoms with Crippen molar-refractivity contribution in [1.29, 1.82) is 0 Å². The van der Waals surface area contributed by atoms with E-state index in [4.69, 9.17) is 9.47 Å². The van der Waals surface area contributed by atoms with Crippen LogP contribution in [0.3, 0.4) is 0 Å². The quantitative estimate of drug-likeness (QED) is 0.548. The molecule has 0 radical (unpaired) electrons. The van der Waals surface area contributed by atoms with Crippen molar-refractivity contribution < 1.29 is 14.3 Å². The van der Waals surface area contributed by atoms with Crippen molar-refractivity contribution in [3.05, 3.63) is 29.8 Å². The normalized spacial score (nSPS) is 22.4. The summed E-state index contributed by atoms with van der Waals surface area (Å²) in [4.78, 5) is 15.0. The lowest BCUT2D eigenvalue weighted by atomic mass is 9.79. The number of unbranched alkanes of at least 4 members (excludes halogenated alkanes) is 1. The van der Waals surface area contributed by atoms with E-state index in [0.29, 0.717) is 19.2 Å². The molecule has 2 aliphatic rings. The number of likely N-dealkylation sites (N-methyl/N-ethyl adjacent to an activating group) is 1. The predicted molar refractivity (Wildman–Crippen MR) is 125 cm³/mol. The summed E-state index contributed by atoms with van der Waals surface area (Å²) in [6.07, 6.45) is 10.7. The smallest absolute Gasteiger partial charge is 0.223 e. The van der Waals surface area contributed by atoms with Crippen LogP contribution < -0.4 is 10.1 Å². The molecule has 3 rings (SSSR count). The van der Waals surface area contributed by atoms with Gasteiger partial charge in [-0.15, -0.1) is 0 Å². The van der Waals surface area contributed by atoms with Gasteiger partial charge in [0.1, 0.15) is 12.4 Å². The van der Waals surface area contributed by atoms with Gasteiger partial charge in [0.15, 0.2) is 0 Å². The van der Waals surface area contributed by atoms with Gasteiger partial charge in [0.05, 0.1) is 0 Å². The van der Waals surface area contributed by atoms with E-state index in [9.17, 15) is 4.79 Å². The maximum Gasteiger partial charge on any atom is 0.223 e. The summed E-state index contributed by atoms with van der Waals surface area (Å²) in [6.45, 7) is 6.14. The number of rotatable bonds is 11. The Hall–Kier alpha value is -1.59. The highest BCUT2D eigenvalue weighted by atomic mass is 16.5. The van der Waals surface area contributed by atoms with Crippen molar-refractivity contribution in [3.8, 4) is 5.75 Å². The van der Waals surface area contributed by atoms with Crippen LogP contribution >= 0.6 is 0 Å². The van der Waals surface area contributed by atoms with Crippen molar-refractivity contribution in [2.45, 2.75) is 77.3 Å². The van der Waals surface area contributed by atoms with Crippen LogP contribution in [0.5, 0.6) is 5.75 Å². The molecule has 1 aromatic carbocycles. The van der Waals surface area contributed by atoms with Crippen molar-refractivity contribution >= 4 is 5.91 Å². The summed E-state index contributed by atoms with van der Waals surface area (Å²) < 4.78 is 11.4. The zero-order valence-electron chi connectivity index (χ0n) is 19.6. The standard InChI is InChI=1S/C26H42N2O3/c1-3-4-6-21-9-11-23(12-10-21)26(29)27-20-22-7-5-8-25(19-22)31-18-15-28(2)24-13-16-30-17-14-24/h5,7-8,19,21,23-24H,3-4,6,9-18,20H2,1-2H3,(H,27,29). The molecule has 0 spiro atoms. The number of hydrogen-bond acceptors (Lipinski definition) is 4. The topological polar surface area (TPSA) is 50.8 Å². The molecule has 1 aliphatic heterocycles. The Labute approximate surface area is 188 Å². The van der Waals surface area contributed by atoms with Gasteiger partial charge in [-0.3, -0.25) is 9.69 Å². The lowest BCUT2D eigenvalue weighted by Gasteiger charge is -2.31. The van der Waals surface area contributed by atoms with E-state index in [1.807, 2.05) is 12.1 Å². The van der Waals surface area contributed by atoms with Gasteiger partial charge in [0.25, 0.3) is 0 Å². The van der Waals surface area contributed by atoms with Gasteiger partial charge >= 0.3 is 0 Å². The van der Waals surface area contributed by atoms with Crippen LogP contribution in [-0.2, 0) is 16.1 Å². The third-order valence-corrected chi connectivity index (χ3v) is 7.08. The Balaban J connectivity index is 1.35. The van der Waals surface area contributed by atoms with Crippen molar-refractivity contribution in [1.82, 2.24) is 10.2 Å². The molecule has 1 aromatic rings. The first kappa shape index (κ1) is 24.1. The first-order valence-electron chi connectivity index (χ1n) is 12.4. The second-order valence-corrected chi connectivity index (χ2v) is 9.40. The van der Waals surface area contributed by atoms with Gasteiger partial charge in [-0.25, -0.2) is 0 Å². The van der Waals surface area contributed by atoms with Crippen LogP contribution in [0.4, 0.5) is 0 Å². The van der Waals surface area contributed by atoms with Crippen LogP contribution in [0, 0.1) is 11.8 Å². The maximum absolute atomic E-state index is 12.6. The minimum atomic E-state index is 0.193. The van der Waals surface area contributed by atoms with E-state index in [-0.39, 0.29) is 11.8 Å². The molecule has 0 atom stereocenters. The number of carbonyl (C=O) groups excluding carboxylic acids is 1. The predicted octanol–water partition coefficient (Wildman–Crippen LogP) is 4.79. The van der Waals surface area contributed by atoms with Gasteiger partial charge in [-0.05, 0) is 69.2 Å². The lowest BCUT2D eigenvalue weighted by Crippen LogP contribution is -2.38. The summed E-state index contributed by atoms with van der Waals surface area (Å²) in [7, 11) is 2.17. The van der Waals surface area contributed by atoms with Crippen molar-refractivity contribution in [2.75, 3.05) is 33.4 Å². The summed E-state index contributed by atoms with van der Waals surface area (Å²) in [5.41, 5.74) is 1.10. The third-order valence-electron chi connectivity index (χ3n) is 7.08. The van der Waals surface area contributed by atoms with Crippen LogP contribution in [0.2, 0.25) is 0 Å². The molecule has 1 heterocycles. The minimum absolute atomic E-state index is 0.193. The monoisotopic (exact) mass is 430 g/mol. The number of hydrogen-bond donors (Lipinski definition) is 1. The molecular weight excluding hydrogens is 388 g/mol. The minimum Gasteiger partial charge on any atom is -0.492 e. The van der Waals surface area contributed by atoms with Crippen LogP contribution in [0.25, 0.3) is 0 Å². The molecular formula is C26H42N2O3. The summed E-state index contributed by atoms with van der Waals surface area (Å²) >= 11 is 0. The Morgan fingerprint density at radius 2 is 1.94 bits per heavy atom. The highest BCUT2D eigenvalue weighted by Gasteiger charge is 2.25. The summed E-state index contributed by atoms with van der Waals surface area (Å²) in [5, 5.41) is 3.16. The van der Waals surface area contributed by atoms with Crippen molar-refractivity contribution in [3.63, 3.8) is 0 Å². The Bertz CT molecular complexity index is 652. The number of carbonyl (C=O) groups is 1. The number of nitrogens with one attached hydrogen (secondary N) is 1. The van der Waals surface area contributed by atoms with Gasteiger partial charge in [-0.2, -0.15) is 0 Å². The number of amides is 1. The lowest BCUT2D eigenvalue weighted by molar-refractivity contribution is -0.126. The molecule has 174 valence electrons. The first-order valence-corrected chi connectivity index (χ1v) is 12.4. The fourth-order valence-electron chi connectivity index (χ4n) is 4.90. The molecule has 1 aliphatic carbocycles. The highest BCUT2D eigenvalue weighted by molar-refractivity contribution is 5.78. The average molecular weight is 431 g/mol. The molecule has 31 heavy (non-hydrogen) atoms. The zero-order chi connectivity index (χ0) is 21.9. The van der Waals surface area contributed by atoms with Crippen LogP contribution in [-0.4, -0.2) is 50.3 Å². The summed E-state index contributed by atoms with van der Waals surface area (Å²) in [5.74, 6) is 2.13. The van der Waals surface area contributed by atoms with E-state index in [1.54, 1.807) is 0 Å². The van der Waals surface area contributed by atoms with E-state index in [2.05, 4.69) is 36.3 Å². The molecule has 0 aromatic heterocycles. The fourth-order valence-corrected chi connectivity index (χ4v) is 4.90. The maximum atomic E-state index is 12.6. The van der Waals surface area contributed by atoms with Gasteiger partial charge in [0, 0.05) is 38.3 Å². The SMILES string of the molecule is CCCCC1CCC(C(=O)NCc2cccc(OCCN(C)C3CCOCC3)c2)CC1. The molecule has 5 heteroatoms. The van der Waals surface area contributed by atoms with Gasteiger partial charge < -0.3 is 14.8 Å². The molecule has 0 bridgehead atoms. The van der Waals surface area contributed by atoms with Gasteiger partial charge in [-0.1, -0.05) is 38.3 Å². The van der Waals surface area contributed by atoms with Crippen LogP contribution in [0.15, 0.2) is 24.3 Å². The van der Waals surface area contributed by atoms with Crippen molar-refractivity contribution in [2.24, 2.45) is 11.8 Å². The highest BCUT2D eigenvalue weighted by Crippen LogP contribution is 2.32. The van der Waals surface area contributed by atoms with Crippen LogP contribution in [0.1, 0.15) is 70.3 Å². The molecule has 0 unspecified atom stereocenters. The van der Waals surface area contributed by atoms with E-state index in [0.717, 1.165) is 62.7 Å². The van der Waals surface area contributed by atoms with Gasteiger partial charge in [0.2, 0.25) is 5.91 Å². The van der Waals surface area contributed by atoms with E-state index in [1.165, 1.54) is 32.1 Å². The molecule has 1 N–H and O–H groups in total. The zero-order valence-corrected chi connectivity index (χ0v) is 19.6. The number of nitrogens with zero attached hydrogens (tertiary/aromatic N) is 1. The Morgan fingerprint density at radius 3 is 2.68 bits per heavy atom. The molecule has 5 nitrogen and oxygen atoms in total. The summed E-state index contributed by atoms with van der Waals surface area (Å²) in [6, 6.07) is 8.72. The molecule has 1 amide bonds. The molecule has 1 saturated carbocycles. The number of benzene rings is 1. The number of ether oxygens (including phenoxy) is 2. The largest absolute Gasteiger partial charge is 0.492 e. The third kappa shape index (κ3) is 8.12. The van der Waals surface area contributed by atoms with E-state index < -0.39 is 0 Å². The fraction of sp³-hybridized carbons (Fsp3) is 0.731. The first-order chi connectivity index (χ1) is 15.2. The average Bonchev–Trinajstić information content (AvgIpc) is 2.82. The van der Waals surface area contributed by atoms with E-state index >= 15 is 0 Å².